The Balaban J connectivity index is 2.09. The molecule has 0 aromatic heterocycles. The van der Waals surface area contributed by atoms with E-state index >= 15 is 0 Å². The fraction of sp³-hybridized carbons (Fsp3) is 0.355. The molecule has 0 heterocycles. The number of carbonyl (C=O) groups excluding carboxylic acids is 2. The number of halogens is 1. The smallest absolute Gasteiger partial charge is 0.264 e. The molecule has 1 atom stereocenters. The van der Waals surface area contributed by atoms with E-state index in [9.17, 15) is 18.0 Å². The molecule has 3 rings (SSSR count). The Morgan fingerprint density at radius 3 is 2.24 bits per heavy atom. The second-order valence-corrected chi connectivity index (χ2v) is 12.0. The van der Waals surface area contributed by atoms with Crippen LogP contribution in [0.25, 0.3) is 0 Å². The van der Waals surface area contributed by atoms with E-state index in [1.807, 2.05) is 45.0 Å². The highest BCUT2D eigenvalue weighted by Crippen LogP contribution is 2.32. The number of anilines is 1. The zero-order chi connectivity index (χ0) is 30.9. The number of ether oxygens (including phenoxy) is 2. The van der Waals surface area contributed by atoms with Crippen LogP contribution in [0.4, 0.5) is 5.69 Å². The first-order valence-electron chi connectivity index (χ1n) is 13.7. The SMILES string of the molecule is CCCNC(=O)[C@@H](CC)N(Cc1cccc(C)c1)C(=O)CN(c1ccc(Cl)cc1)S(=O)(=O)c1ccc(OC)c(OC)c1. The number of benzene rings is 3. The first-order valence-corrected chi connectivity index (χ1v) is 15.5. The lowest BCUT2D eigenvalue weighted by Crippen LogP contribution is -2.52. The second kappa shape index (κ2) is 14.9. The highest BCUT2D eigenvalue weighted by atomic mass is 35.5. The standard InChI is InChI=1S/C31H38ClN3O6S/c1-6-17-33-31(37)27(7-2)34(20-23-10-8-9-22(3)18-23)30(36)21-35(25-13-11-24(32)12-14-25)42(38,39)26-15-16-28(40-4)29(19-26)41-5/h8-16,18-19,27H,6-7,17,20-21H2,1-5H3,(H,33,37)/t27-/m1/s1. The molecule has 0 spiro atoms. The number of aryl methyl sites for hydroxylation is 1. The van der Waals surface area contributed by atoms with Crippen LogP contribution in [0.15, 0.2) is 71.6 Å². The summed E-state index contributed by atoms with van der Waals surface area (Å²) in [7, 11) is -1.43. The average Bonchev–Trinajstić information content (AvgIpc) is 2.98. The van der Waals surface area contributed by atoms with Crippen molar-refractivity contribution in [3.8, 4) is 11.5 Å². The van der Waals surface area contributed by atoms with Gasteiger partial charge in [0.1, 0.15) is 12.6 Å². The zero-order valence-corrected chi connectivity index (χ0v) is 26.2. The third-order valence-electron chi connectivity index (χ3n) is 6.71. The number of amides is 2. The van der Waals surface area contributed by atoms with Crippen LogP contribution in [0.3, 0.4) is 0 Å². The molecule has 0 fully saturated rings. The van der Waals surface area contributed by atoms with Crippen LogP contribution in [-0.4, -0.2) is 58.5 Å². The van der Waals surface area contributed by atoms with Crippen molar-refractivity contribution >= 4 is 39.1 Å². The Morgan fingerprint density at radius 2 is 1.64 bits per heavy atom. The summed E-state index contributed by atoms with van der Waals surface area (Å²) in [5.74, 6) is -0.241. The number of sulfonamides is 1. The number of carbonyl (C=O) groups is 2. The van der Waals surface area contributed by atoms with E-state index < -0.39 is 28.5 Å². The van der Waals surface area contributed by atoms with Crippen molar-refractivity contribution < 1.29 is 27.5 Å². The van der Waals surface area contributed by atoms with E-state index in [1.54, 1.807) is 12.1 Å². The van der Waals surface area contributed by atoms with Crippen LogP contribution in [-0.2, 0) is 26.2 Å². The minimum absolute atomic E-state index is 0.0964. The molecule has 0 aliphatic carbocycles. The Hall–Kier alpha value is -3.76. The topological polar surface area (TPSA) is 105 Å². The van der Waals surface area contributed by atoms with Crippen LogP contribution >= 0.6 is 11.6 Å². The molecule has 0 saturated carbocycles. The highest BCUT2D eigenvalue weighted by Gasteiger charge is 2.34. The molecule has 1 N–H and O–H groups in total. The summed E-state index contributed by atoms with van der Waals surface area (Å²) in [6.45, 7) is 5.75. The fourth-order valence-corrected chi connectivity index (χ4v) is 6.09. The lowest BCUT2D eigenvalue weighted by atomic mass is 10.1. The van der Waals surface area contributed by atoms with Crippen LogP contribution in [0.5, 0.6) is 11.5 Å². The van der Waals surface area contributed by atoms with Crippen molar-refractivity contribution in [2.24, 2.45) is 0 Å². The number of rotatable bonds is 14. The number of nitrogens with zero attached hydrogens (tertiary/aromatic N) is 2. The van der Waals surface area contributed by atoms with Crippen LogP contribution < -0.4 is 19.1 Å². The summed E-state index contributed by atoms with van der Waals surface area (Å²) < 4.78 is 39.8. The number of methoxy groups -OCH3 is 2. The highest BCUT2D eigenvalue weighted by molar-refractivity contribution is 7.92. The van der Waals surface area contributed by atoms with Crippen molar-refractivity contribution in [3.05, 3.63) is 82.9 Å². The summed E-state index contributed by atoms with van der Waals surface area (Å²) in [6, 6.07) is 17.2. The summed E-state index contributed by atoms with van der Waals surface area (Å²) in [5.41, 5.74) is 2.06. The van der Waals surface area contributed by atoms with Gasteiger partial charge in [0.15, 0.2) is 11.5 Å². The first kappa shape index (κ1) is 32.8. The average molecular weight is 616 g/mol. The van der Waals surface area contributed by atoms with Gasteiger partial charge in [-0.25, -0.2) is 8.42 Å². The van der Waals surface area contributed by atoms with Gasteiger partial charge in [0.25, 0.3) is 10.0 Å². The predicted molar refractivity (Wildman–Crippen MR) is 165 cm³/mol. The molecule has 0 aliphatic heterocycles. The molecule has 0 saturated heterocycles. The van der Waals surface area contributed by atoms with Gasteiger partial charge in [0, 0.05) is 24.2 Å². The third kappa shape index (κ3) is 7.95. The van der Waals surface area contributed by atoms with Crippen molar-refractivity contribution in [1.29, 1.82) is 0 Å². The molecule has 3 aromatic rings. The molecule has 11 heteroatoms. The van der Waals surface area contributed by atoms with Crippen molar-refractivity contribution in [3.63, 3.8) is 0 Å². The maximum atomic E-state index is 14.1. The maximum Gasteiger partial charge on any atom is 0.264 e. The third-order valence-corrected chi connectivity index (χ3v) is 8.73. The fourth-order valence-electron chi connectivity index (χ4n) is 4.53. The van der Waals surface area contributed by atoms with Gasteiger partial charge < -0.3 is 19.7 Å². The zero-order valence-electron chi connectivity index (χ0n) is 24.6. The Morgan fingerprint density at radius 1 is 0.952 bits per heavy atom. The molecule has 0 aliphatic rings. The molecule has 0 bridgehead atoms. The molecule has 3 aromatic carbocycles. The Kier molecular flexibility index (Phi) is 11.6. The van der Waals surface area contributed by atoms with Gasteiger partial charge in [-0.1, -0.05) is 55.3 Å². The van der Waals surface area contributed by atoms with Crippen LogP contribution in [0, 0.1) is 6.92 Å². The molecular formula is C31H38ClN3O6S. The van der Waals surface area contributed by atoms with Crippen LogP contribution in [0.1, 0.15) is 37.8 Å². The lowest BCUT2D eigenvalue weighted by Gasteiger charge is -2.33. The number of hydrogen-bond acceptors (Lipinski definition) is 6. The minimum atomic E-state index is -4.29. The molecule has 226 valence electrons. The van der Waals surface area contributed by atoms with E-state index in [4.69, 9.17) is 21.1 Å². The van der Waals surface area contributed by atoms with Crippen molar-refractivity contribution in [2.75, 3.05) is 31.6 Å². The largest absolute Gasteiger partial charge is 0.493 e. The minimum Gasteiger partial charge on any atom is -0.493 e. The van der Waals surface area contributed by atoms with Gasteiger partial charge in [-0.15, -0.1) is 0 Å². The maximum absolute atomic E-state index is 14.1. The Bertz CT molecular complexity index is 1480. The summed E-state index contributed by atoms with van der Waals surface area (Å²) in [4.78, 5) is 28.7. The van der Waals surface area contributed by atoms with Gasteiger partial charge in [-0.05, 0) is 61.7 Å². The molecule has 9 nitrogen and oxygen atoms in total. The molecule has 0 unspecified atom stereocenters. The van der Waals surface area contributed by atoms with E-state index in [1.165, 1.54) is 49.5 Å². The Labute approximate surface area is 253 Å². The van der Waals surface area contributed by atoms with E-state index in [-0.39, 0.29) is 28.8 Å². The molecule has 2 amide bonds. The number of nitrogens with one attached hydrogen (secondary N) is 1. The van der Waals surface area contributed by atoms with E-state index in [0.29, 0.717) is 23.7 Å². The van der Waals surface area contributed by atoms with Crippen molar-refractivity contribution in [1.82, 2.24) is 10.2 Å². The van der Waals surface area contributed by atoms with Gasteiger partial charge >= 0.3 is 0 Å². The normalized spacial score (nSPS) is 11.9. The van der Waals surface area contributed by atoms with Gasteiger partial charge in [-0.2, -0.15) is 0 Å². The first-order chi connectivity index (χ1) is 20.0. The molecule has 0 radical (unpaired) electrons. The van der Waals surface area contributed by atoms with Gasteiger partial charge in [0.2, 0.25) is 11.8 Å². The lowest BCUT2D eigenvalue weighted by molar-refractivity contribution is -0.140. The number of hydrogen-bond donors (Lipinski definition) is 1. The summed E-state index contributed by atoms with van der Waals surface area (Å²) in [6.07, 6.45) is 1.08. The van der Waals surface area contributed by atoms with E-state index in [2.05, 4.69) is 5.32 Å². The quantitative estimate of drug-likeness (QED) is 0.267. The van der Waals surface area contributed by atoms with Crippen molar-refractivity contribution in [2.45, 2.75) is 51.1 Å². The van der Waals surface area contributed by atoms with Gasteiger partial charge in [0.05, 0.1) is 24.8 Å². The molecule has 42 heavy (non-hydrogen) atoms. The second-order valence-electron chi connectivity index (χ2n) is 9.73. The summed E-state index contributed by atoms with van der Waals surface area (Å²) >= 11 is 6.10. The van der Waals surface area contributed by atoms with Crippen LogP contribution in [0.2, 0.25) is 5.02 Å². The predicted octanol–water partition coefficient (Wildman–Crippen LogP) is 5.19. The molecular weight excluding hydrogens is 578 g/mol. The van der Waals surface area contributed by atoms with E-state index in [0.717, 1.165) is 21.9 Å². The monoisotopic (exact) mass is 615 g/mol. The van der Waals surface area contributed by atoms with Gasteiger partial charge in [-0.3, -0.25) is 13.9 Å². The summed E-state index contributed by atoms with van der Waals surface area (Å²) in [5, 5.41) is 3.29.